The van der Waals surface area contributed by atoms with Gasteiger partial charge in [0.25, 0.3) is 10.0 Å². The van der Waals surface area contributed by atoms with Crippen molar-refractivity contribution in [3.63, 3.8) is 0 Å². The number of hydrogen-bond donors (Lipinski definition) is 0. The average molecular weight is 453 g/mol. The van der Waals surface area contributed by atoms with E-state index >= 15 is 0 Å². The lowest BCUT2D eigenvalue weighted by molar-refractivity contribution is 0.147. The second kappa shape index (κ2) is 7.11. The van der Waals surface area contributed by atoms with Gasteiger partial charge in [0.05, 0.1) is 17.1 Å². The second-order valence-electron chi connectivity index (χ2n) is 7.95. The van der Waals surface area contributed by atoms with Crippen molar-refractivity contribution in [3.05, 3.63) is 95.1 Å². The molecule has 3 aromatic carbocycles. The van der Waals surface area contributed by atoms with Crippen molar-refractivity contribution in [2.45, 2.75) is 29.8 Å². The number of alkyl halides is 1. The lowest BCUT2D eigenvalue weighted by Crippen LogP contribution is -2.51. The molecule has 0 fully saturated rings. The maximum atomic E-state index is 13.8. The zero-order chi connectivity index (χ0) is 21.8. The molecule has 5 rings (SSSR count). The van der Waals surface area contributed by atoms with Crippen molar-refractivity contribution in [1.82, 2.24) is 0 Å². The molecule has 0 aliphatic carbocycles. The number of aryl methyl sites for hydroxylation is 2. The van der Waals surface area contributed by atoms with Gasteiger partial charge >= 0.3 is 0 Å². The molecular weight excluding hydrogens is 432 g/mol. The molecule has 0 unspecified atom stereocenters. The van der Waals surface area contributed by atoms with Gasteiger partial charge in [0.15, 0.2) is 0 Å². The van der Waals surface area contributed by atoms with Crippen LogP contribution in [0.2, 0.25) is 0 Å². The molecule has 0 amide bonds. The molecule has 0 N–H and O–H groups in total. The fourth-order valence-electron chi connectivity index (χ4n) is 4.07. The molecule has 2 aliphatic heterocycles. The first-order valence-corrected chi connectivity index (χ1v) is 11.8. The summed E-state index contributed by atoms with van der Waals surface area (Å²) in [5.41, 5.74) is 3.99. The number of hydrogen-bond acceptors (Lipinski definition) is 4. The standard InChI is InChI=1S/C24H21ClN2O3S/c1-16-8-11-19(12-9-16)31(28,29)27-21-13-10-17(2)14-20(21)24(25)15-26-22(30-23(24)27)18-6-4-3-5-7-18/h3-14,23H,15H2,1-2H3/t23-,24+/m0/s1. The van der Waals surface area contributed by atoms with E-state index < -0.39 is 21.1 Å². The van der Waals surface area contributed by atoms with Gasteiger partial charge in [-0.3, -0.25) is 0 Å². The third kappa shape index (κ3) is 3.13. The van der Waals surface area contributed by atoms with Crippen LogP contribution in [0.3, 0.4) is 0 Å². The van der Waals surface area contributed by atoms with Crippen molar-refractivity contribution in [1.29, 1.82) is 0 Å². The van der Waals surface area contributed by atoms with E-state index in [0.717, 1.165) is 16.7 Å². The van der Waals surface area contributed by atoms with Crippen LogP contribution in [0, 0.1) is 13.8 Å². The van der Waals surface area contributed by atoms with E-state index in [0.29, 0.717) is 17.1 Å². The summed E-state index contributed by atoms with van der Waals surface area (Å²) in [7, 11) is -3.93. The maximum absolute atomic E-state index is 13.8. The van der Waals surface area contributed by atoms with Crippen molar-refractivity contribution in [2.75, 3.05) is 10.8 Å². The Morgan fingerprint density at radius 2 is 1.68 bits per heavy atom. The molecule has 2 atom stereocenters. The van der Waals surface area contributed by atoms with E-state index in [1.165, 1.54) is 4.31 Å². The van der Waals surface area contributed by atoms with Crippen LogP contribution in [0.4, 0.5) is 5.69 Å². The summed E-state index contributed by atoms with van der Waals surface area (Å²) in [5, 5.41) is 0. The van der Waals surface area contributed by atoms with Crippen molar-refractivity contribution in [2.24, 2.45) is 4.99 Å². The van der Waals surface area contributed by atoms with Crippen LogP contribution in [0.25, 0.3) is 0 Å². The van der Waals surface area contributed by atoms with Gasteiger partial charge in [-0.1, -0.05) is 53.6 Å². The number of anilines is 1. The third-order valence-electron chi connectivity index (χ3n) is 5.72. The first kappa shape index (κ1) is 20.1. The second-order valence-corrected chi connectivity index (χ2v) is 10.4. The van der Waals surface area contributed by atoms with Crippen molar-refractivity contribution in [3.8, 4) is 0 Å². The number of rotatable bonds is 3. The highest BCUT2D eigenvalue weighted by Crippen LogP contribution is 2.52. The van der Waals surface area contributed by atoms with E-state index in [2.05, 4.69) is 4.99 Å². The zero-order valence-electron chi connectivity index (χ0n) is 17.1. The predicted octanol–water partition coefficient (Wildman–Crippen LogP) is 4.75. The van der Waals surface area contributed by atoms with Crippen LogP contribution in [-0.2, 0) is 19.6 Å². The molecule has 2 heterocycles. The van der Waals surface area contributed by atoms with E-state index in [4.69, 9.17) is 16.3 Å². The predicted molar refractivity (Wildman–Crippen MR) is 122 cm³/mol. The zero-order valence-corrected chi connectivity index (χ0v) is 18.7. The average Bonchev–Trinajstić information content (AvgIpc) is 3.03. The van der Waals surface area contributed by atoms with Gasteiger partial charge in [-0.2, -0.15) is 0 Å². The number of ether oxygens (including phenoxy) is 1. The smallest absolute Gasteiger partial charge is 0.267 e. The Hall–Kier alpha value is -2.83. The molecule has 0 spiro atoms. The Balaban J connectivity index is 1.67. The fourth-order valence-corrected chi connectivity index (χ4v) is 6.09. The van der Waals surface area contributed by atoms with Gasteiger partial charge in [-0.15, -0.1) is 11.6 Å². The Bertz CT molecular complexity index is 1290. The summed E-state index contributed by atoms with van der Waals surface area (Å²) < 4.78 is 35.1. The van der Waals surface area contributed by atoms with Gasteiger partial charge in [-0.25, -0.2) is 17.7 Å². The highest BCUT2D eigenvalue weighted by atomic mass is 35.5. The highest BCUT2D eigenvalue weighted by molar-refractivity contribution is 7.92. The van der Waals surface area contributed by atoms with Crippen LogP contribution in [-0.4, -0.2) is 27.1 Å². The summed E-state index contributed by atoms with van der Waals surface area (Å²) >= 11 is 7.10. The summed E-state index contributed by atoms with van der Waals surface area (Å²) in [5.74, 6) is 0.385. The number of fused-ring (bicyclic) bond motifs is 3. The number of halogens is 1. The van der Waals surface area contributed by atoms with Crippen LogP contribution in [0.15, 0.2) is 82.7 Å². The number of nitrogens with zero attached hydrogens (tertiary/aromatic N) is 2. The van der Waals surface area contributed by atoms with Crippen LogP contribution >= 0.6 is 11.6 Å². The molecule has 0 saturated carbocycles. The minimum Gasteiger partial charge on any atom is -0.450 e. The van der Waals surface area contributed by atoms with Crippen LogP contribution in [0.5, 0.6) is 0 Å². The summed E-state index contributed by atoms with van der Waals surface area (Å²) in [6, 6.07) is 21.8. The quantitative estimate of drug-likeness (QED) is 0.539. The Morgan fingerprint density at radius 1 is 1.00 bits per heavy atom. The topological polar surface area (TPSA) is 59.0 Å². The molecule has 5 nitrogen and oxygen atoms in total. The van der Waals surface area contributed by atoms with Crippen LogP contribution in [0.1, 0.15) is 22.3 Å². The fraction of sp³-hybridized carbons (Fsp3) is 0.208. The normalized spacial score (nSPS) is 22.4. The van der Waals surface area contributed by atoms with Crippen molar-refractivity contribution < 1.29 is 13.2 Å². The van der Waals surface area contributed by atoms with Gasteiger partial charge in [-0.05, 0) is 44.2 Å². The summed E-state index contributed by atoms with van der Waals surface area (Å²) in [4.78, 5) is 3.66. The molecule has 2 aliphatic rings. The van der Waals surface area contributed by atoms with E-state index in [1.54, 1.807) is 30.3 Å². The van der Waals surface area contributed by atoms with Crippen LogP contribution < -0.4 is 4.31 Å². The van der Waals surface area contributed by atoms with E-state index in [-0.39, 0.29) is 11.4 Å². The van der Waals surface area contributed by atoms with E-state index in [1.807, 2.05) is 56.3 Å². The molecule has 158 valence electrons. The summed E-state index contributed by atoms with van der Waals surface area (Å²) in [6.07, 6.45) is -0.954. The number of aliphatic imine (C=N–C) groups is 1. The molecule has 0 saturated heterocycles. The maximum Gasteiger partial charge on any atom is 0.267 e. The van der Waals surface area contributed by atoms with Gasteiger partial charge < -0.3 is 4.74 Å². The molecule has 31 heavy (non-hydrogen) atoms. The van der Waals surface area contributed by atoms with Gasteiger partial charge in [0.2, 0.25) is 12.1 Å². The van der Waals surface area contributed by atoms with E-state index in [9.17, 15) is 8.42 Å². The molecule has 0 aromatic heterocycles. The molecule has 3 aromatic rings. The molecule has 0 bridgehead atoms. The lowest BCUT2D eigenvalue weighted by atomic mass is 9.96. The minimum absolute atomic E-state index is 0.193. The molecular formula is C24H21ClN2O3S. The molecule has 7 heteroatoms. The summed E-state index contributed by atoms with van der Waals surface area (Å²) in [6.45, 7) is 4.08. The largest absolute Gasteiger partial charge is 0.450 e. The van der Waals surface area contributed by atoms with Gasteiger partial charge in [0.1, 0.15) is 4.87 Å². The Morgan fingerprint density at radius 3 is 2.39 bits per heavy atom. The third-order valence-corrected chi connectivity index (χ3v) is 8.00. The Labute approximate surface area is 187 Å². The first-order valence-electron chi connectivity index (χ1n) is 9.98. The van der Waals surface area contributed by atoms with Gasteiger partial charge in [0, 0.05) is 11.1 Å². The Kier molecular flexibility index (Phi) is 4.61. The lowest BCUT2D eigenvalue weighted by Gasteiger charge is -2.36. The monoisotopic (exact) mass is 452 g/mol. The minimum atomic E-state index is -3.93. The number of benzene rings is 3. The molecule has 0 radical (unpaired) electrons. The SMILES string of the molecule is Cc1ccc(S(=O)(=O)N2c3ccc(C)cc3[C@]3(Cl)CN=C(c4ccccc4)O[C@H]23)cc1. The highest BCUT2D eigenvalue weighted by Gasteiger charge is 2.58. The van der Waals surface area contributed by atoms with Crippen molar-refractivity contribution >= 4 is 33.2 Å². The first-order chi connectivity index (χ1) is 14.8. The number of sulfonamides is 1.